The molecule has 7 heteroatoms. The molecule has 47 heavy (non-hydrogen) atoms. The molecule has 246 valence electrons. The van der Waals surface area contributed by atoms with Gasteiger partial charge in [-0.05, 0) is 74.2 Å². The van der Waals surface area contributed by atoms with Gasteiger partial charge in [-0.1, -0.05) is 91.0 Å². The number of carbonyl (C=O) groups is 1. The van der Waals surface area contributed by atoms with Crippen LogP contribution in [0.1, 0.15) is 41.5 Å². The second-order valence-electron chi connectivity index (χ2n) is 13.5. The van der Waals surface area contributed by atoms with Gasteiger partial charge in [0.15, 0.2) is 0 Å². The van der Waals surface area contributed by atoms with Gasteiger partial charge in [-0.2, -0.15) is 0 Å². The Morgan fingerprint density at radius 2 is 1.49 bits per heavy atom. The Hall–Kier alpha value is -4.04. The minimum atomic E-state index is -1.86. The molecule has 1 saturated carbocycles. The quantitative estimate of drug-likeness (QED) is 0.230. The number of carbonyl (C=O) groups excluding carboxylic acids is 1. The molecule has 5 atom stereocenters. The molecule has 1 unspecified atom stereocenters. The maximum atomic E-state index is 14.8. The van der Waals surface area contributed by atoms with E-state index in [9.17, 15) is 19.4 Å². The number of hydrogen-bond acceptors (Lipinski definition) is 5. The van der Waals surface area contributed by atoms with Crippen molar-refractivity contribution >= 4 is 5.91 Å². The van der Waals surface area contributed by atoms with Crippen LogP contribution in [0.5, 0.6) is 5.75 Å². The first kappa shape index (κ1) is 32.9. The second-order valence-corrected chi connectivity index (χ2v) is 13.5. The summed E-state index contributed by atoms with van der Waals surface area (Å²) in [4.78, 5) is 18.2. The zero-order valence-corrected chi connectivity index (χ0v) is 27.4. The van der Waals surface area contributed by atoms with Gasteiger partial charge in [-0.25, -0.2) is 4.39 Å². The maximum absolute atomic E-state index is 14.8. The Morgan fingerprint density at radius 1 is 0.915 bits per heavy atom. The summed E-state index contributed by atoms with van der Waals surface area (Å²) in [6, 6.07) is 34.7. The number of benzene rings is 4. The highest BCUT2D eigenvalue weighted by Gasteiger charge is 2.65. The Bertz CT molecular complexity index is 1610. The van der Waals surface area contributed by atoms with E-state index in [2.05, 4.69) is 41.3 Å². The fourth-order valence-corrected chi connectivity index (χ4v) is 8.36. The van der Waals surface area contributed by atoms with Crippen LogP contribution < -0.4 is 4.74 Å². The molecule has 6 nitrogen and oxygen atoms in total. The SMILES string of the molecule is COc1ccc(F)cc1[C@@]1(O)[C@H](O)CC(c2ccccc2)(c2ccccc2)[C@@H]2CN(C(=O)CCC(Cc3ccccc3)N(C)C)C[C@@H]21. The van der Waals surface area contributed by atoms with Crippen molar-refractivity contribution in [3.63, 3.8) is 0 Å². The van der Waals surface area contributed by atoms with Crippen LogP contribution in [0.25, 0.3) is 0 Å². The number of methoxy groups -OCH3 is 1. The molecule has 0 radical (unpaired) electrons. The van der Waals surface area contributed by atoms with Crippen LogP contribution in [0, 0.1) is 17.7 Å². The van der Waals surface area contributed by atoms with Gasteiger partial charge in [0, 0.05) is 42.4 Å². The van der Waals surface area contributed by atoms with Crippen molar-refractivity contribution in [3.05, 3.63) is 137 Å². The number of halogens is 1. The standard InChI is InChI=1S/C40H45FN2O4/c1-42(2)32(23-28-13-7-4-8-14-28)20-22-38(45)43-26-34-35(27-43)40(46,33-24-31(41)19-21-36(33)47-3)37(44)25-39(34,29-15-9-5-10-16-29)30-17-11-6-12-18-30/h4-19,21,24,32,34-35,37,44,46H,20,22-23,25-27H2,1-3H3/t32?,34-,35+,37-,40+/m1/s1. The molecule has 2 fully saturated rings. The predicted octanol–water partition coefficient (Wildman–Crippen LogP) is 5.80. The molecular formula is C40H45FN2O4. The summed E-state index contributed by atoms with van der Waals surface area (Å²) in [5.74, 6) is -1.11. The molecule has 1 heterocycles. The number of aliphatic hydroxyl groups is 2. The zero-order chi connectivity index (χ0) is 33.2. The number of fused-ring (bicyclic) bond motifs is 1. The fraction of sp³-hybridized carbons (Fsp3) is 0.375. The van der Waals surface area contributed by atoms with Gasteiger partial charge in [-0.15, -0.1) is 0 Å². The van der Waals surface area contributed by atoms with E-state index in [1.165, 1.54) is 30.9 Å². The molecule has 0 bridgehead atoms. The molecule has 6 rings (SSSR count). The van der Waals surface area contributed by atoms with Crippen molar-refractivity contribution in [2.45, 2.75) is 48.8 Å². The molecular weight excluding hydrogens is 591 g/mol. The second kappa shape index (κ2) is 13.6. The minimum Gasteiger partial charge on any atom is -0.496 e. The van der Waals surface area contributed by atoms with Crippen LogP contribution >= 0.6 is 0 Å². The topological polar surface area (TPSA) is 73.2 Å². The summed E-state index contributed by atoms with van der Waals surface area (Å²) in [7, 11) is 5.57. The van der Waals surface area contributed by atoms with E-state index < -0.39 is 28.9 Å². The first-order valence-corrected chi connectivity index (χ1v) is 16.5. The molecule has 1 aliphatic heterocycles. The summed E-state index contributed by atoms with van der Waals surface area (Å²) in [6.45, 7) is 0.620. The number of ether oxygens (including phenoxy) is 1. The summed E-state index contributed by atoms with van der Waals surface area (Å²) >= 11 is 0. The highest BCUT2D eigenvalue weighted by molar-refractivity contribution is 5.77. The van der Waals surface area contributed by atoms with Crippen LogP contribution in [0.2, 0.25) is 0 Å². The van der Waals surface area contributed by atoms with Crippen molar-refractivity contribution in [2.75, 3.05) is 34.3 Å². The Balaban J connectivity index is 1.40. The fourth-order valence-electron chi connectivity index (χ4n) is 8.36. The number of amides is 1. The summed E-state index contributed by atoms with van der Waals surface area (Å²) in [6.07, 6.45) is 0.769. The molecule has 4 aromatic carbocycles. The van der Waals surface area contributed by atoms with E-state index in [4.69, 9.17) is 4.74 Å². The average Bonchev–Trinajstić information content (AvgIpc) is 3.56. The molecule has 2 N–H and O–H groups in total. The van der Waals surface area contributed by atoms with Crippen molar-refractivity contribution in [1.29, 1.82) is 0 Å². The smallest absolute Gasteiger partial charge is 0.222 e. The van der Waals surface area contributed by atoms with Gasteiger partial charge < -0.3 is 24.7 Å². The highest BCUT2D eigenvalue weighted by Crippen LogP contribution is 2.60. The number of likely N-dealkylation sites (tertiary alicyclic amines) is 1. The lowest BCUT2D eigenvalue weighted by Crippen LogP contribution is -2.60. The van der Waals surface area contributed by atoms with Crippen LogP contribution in [0.3, 0.4) is 0 Å². The largest absolute Gasteiger partial charge is 0.496 e. The van der Waals surface area contributed by atoms with Crippen LogP contribution in [-0.2, 0) is 22.2 Å². The lowest BCUT2D eigenvalue weighted by Gasteiger charge is -2.55. The number of likely N-dealkylation sites (N-methyl/N-ethyl adjacent to an activating group) is 1. The zero-order valence-electron chi connectivity index (χ0n) is 27.4. The first-order chi connectivity index (χ1) is 22.7. The molecule has 2 aliphatic rings. The highest BCUT2D eigenvalue weighted by atomic mass is 19.1. The minimum absolute atomic E-state index is 0.0115. The van der Waals surface area contributed by atoms with Crippen LogP contribution in [0.15, 0.2) is 109 Å². The normalized spacial score (nSPS) is 24.1. The first-order valence-electron chi connectivity index (χ1n) is 16.5. The lowest BCUT2D eigenvalue weighted by molar-refractivity contribution is -0.168. The van der Waals surface area contributed by atoms with Gasteiger partial charge in [0.1, 0.15) is 17.2 Å². The third kappa shape index (κ3) is 6.08. The van der Waals surface area contributed by atoms with Crippen LogP contribution in [0.4, 0.5) is 4.39 Å². The number of nitrogens with zero attached hydrogens (tertiary/aromatic N) is 2. The summed E-state index contributed by atoms with van der Waals surface area (Å²) < 4.78 is 20.5. The van der Waals surface area contributed by atoms with Crippen molar-refractivity contribution in [1.82, 2.24) is 9.80 Å². The van der Waals surface area contributed by atoms with Gasteiger partial charge in [0.05, 0.1) is 13.2 Å². The molecule has 1 aliphatic carbocycles. The number of rotatable bonds is 10. The third-order valence-corrected chi connectivity index (χ3v) is 10.8. The number of aliphatic hydroxyl groups excluding tert-OH is 1. The van der Waals surface area contributed by atoms with Crippen LogP contribution in [-0.4, -0.2) is 72.4 Å². The molecule has 4 aromatic rings. The van der Waals surface area contributed by atoms with Gasteiger partial charge in [0.2, 0.25) is 5.91 Å². The van der Waals surface area contributed by atoms with E-state index in [1.807, 2.05) is 73.6 Å². The Labute approximate surface area is 277 Å². The molecule has 1 saturated heterocycles. The van der Waals surface area contributed by atoms with Crippen molar-refractivity contribution < 1.29 is 24.1 Å². The maximum Gasteiger partial charge on any atom is 0.222 e. The lowest BCUT2D eigenvalue weighted by atomic mass is 9.51. The van der Waals surface area contributed by atoms with Gasteiger partial charge >= 0.3 is 0 Å². The molecule has 1 amide bonds. The summed E-state index contributed by atoms with van der Waals surface area (Å²) in [5.41, 5.74) is 0.885. The van der Waals surface area contributed by atoms with Gasteiger partial charge in [-0.3, -0.25) is 4.79 Å². The van der Waals surface area contributed by atoms with E-state index in [1.54, 1.807) is 0 Å². The molecule has 0 aromatic heterocycles. The van der Waals surface area contributed by atoms with E-state index in [-0.39, 0.29) is 36.4 Å². The third-order valence-electron chi connectivity index (χ3n) is 10.8. The van der Waals surface area contributed by atoms with E-state index in [0.717, 1.165) is 17.5 Å². The van der Waals surface area contributed by atoms with Gasteiger partial charge in [0.25, 0.3) is 0 Å². The average molecular weight is 637 g/mol. The Kier molecular flexibility index (Phi) is 9.51. The monoisotopic (exact) mass is 636 g/mol. The predicted molar refractivity (Wildman–Crippen MR) is 182 cm³/mol. The van der Waals surface area contributed by atoms with E-state index in [0.29, 0.717) is 25.1 Å². The molecule has 0 spiro atoms. The Morgan fingerprint density at radius 3 is 2.06 bits per heavy atom. The van der Waals surface area contributed by atoms with Crippen molar-refractivity contribution in [3.8, 4) is 5.75 Å². The van der Waals surface area contributed by atoms with E-state index >= 15 is 0 Å². The number of hydrogen-bond donors (Lipinski definition) is 2. The van der Waals surface area contributed by atoms with Crippen molar-refractivity contribution in [2.24, 2.45) is 11.8 Å². The summed E-state index contributed by atoms with van der Waals surface area (Å²) in [5, 5.41) is 24.9.